The lowest BCUT2D eigenvalue weighted by molar-refractivity contribution is -0.385. The van der Waals surface area contributed by atoms with Crippen LogP contribution >= 0.6 is 0 Å². The molecule has 1 aliphatic rings. The Labute approximate surface area is 120 Å². The molecule has 1 saturated carbocycles. The molecule has 21 heavy (non-hydrogen) atoms. The highest BCUT2D eigenvalue weighted by Crippen LogP contribution is 2.32. The Morgan fingerprint density at radius 2 is 2.19 bits per heavy atom. The topological polar surface area (TPSA) is 75.8 Å². The van der Waals surface area contributed by atoms with Gasteiger partial charge in [-0.15, -0.1) is 0 Å². The second-order valence-electron chi connectivity index (χ2n) is 4.85. The Hall–Kier alpha value is -1.80. The molecular formula is C13H16F2N2O4. The van der Waals surface area contributed by atoms with Gasteiger partial charge in [-0.05, 0) is 18.9 Å². The molecule has 0 atom stereocenters. The number of non-ortho nitro benzene ring substituents is 1. The van der Waals surface area contributed by atoms with Crippen molar-refractivity contribution in [2.75, 3.05) is 13.2 Å². The van der Waals surface area contributed by atoms with E-state index in [-0.39, 0.29) is 30.6 Å². The van der Waals surface area contributed by atoms with Crippen LogP contribution in [0.15, 0.2) is 18.2 Å². The molecule has 0 radical (unpaired) electrons. The molecule has 2 rings (SSSR count). The third-order valence-electron chi connectivity index (χ3n) is 3.29. The van der Waals surface area contributed by atoms with Crippen LogP contribution in [0.3, 0.4) is 0 Å². The molecule has 0 unspecified atom stereocenters. The summed E-state index contributed by atoms with van der Waals surface area (Å²) in [4.78, 5) is 12.1. The van der Waals surface area contributed by atoms with E-state index in [4.69, 9.17) is 5.11 Å². The first-order valence-electron chi connectivity index (χ1n) is 6.58. The van der Waals surface area contributed by atoms with Gasteiger partial charge in [-0.1, -0.05) is 0 Å². The average molecular weight is 302 g/mol. The quantitative estimate of drug-likeness (QED) is 0.588. The van der Waals surface area contributed by atoms with Crippen molar-refractivity contribution in [1.29, 1.82) is 0 Å². The van der Waals surface area contributed by atoms with Gasteiger partial charge in [-0.2, -0.15) is 8.78 Å². The number of alkyl halides is 2. The zero-order valence-electron chi connectivity index (χ0n) is 11.2. The van der Waals surface area contributed by atoms with Gasteiger partial charge >= 0.3 is 6.61 Å². The molecule has 1 aromatic carbocycles. The van der Waals surface area contributed by atoms with Crippen molar-refractivity contribution in [2.45, 2.75) is 32.0 Å². The van der Waals surface area contributed by atoms with Crippen molar-refractivity contribution in [3.8, 4) is 5.75 Å². The van der Waals surface area contributed by atoms with E-state index in [2.05, 4.69) is 4.74 Å². The van der Waals surface area contributed by atoms with Crippen LogP contribution in [-0.4, -0.2) is 40.7 Å². The number of nitro groups is 1. The van der Waals surface area contributed by atoms with Crippen LogP contribution in [0.5, 0.6) is 5.75 Å². The van der Waals surface area contributed by atoms with Crippen LogP contribution in [0, 0.1) is 10.1 Å². The molecule has 0 aromatic heterocycles. The Kier molecular flexibility index (Phi) is 5.03. The molecule has 1 aromatic rings. The normalized spacial score (nSPS) is 14.7. The summed E-state index contributed by atoms with van der Waals surface area (Å²) in [6, 6.07) is 3.85. The Morgan fingerprint density at radius 1 is 1.48 bits per heavy atom. The van der Waals surface area contributed by atoms with Crippen molar-refractivity contribution in [3.63, 3.8) is 0 Å². The maximum absolute atomic E-state index is 12.4. The number of nitrogens with zero attached hydrogens (tertiary/aromatic N) is 2. The summed E-state index contributed by atoms with van der Waals surface area (Å²) >= 11 is 0. The summed E-state index contributed by atoms with van der Waals surface area (Å²) in [5, 5.41) is 19.9. The van der Waals surface area contributed by atoms with Gasteiger partial charge in [0.25, 0.3) is 5.69 Å². The van der Waals surface area contributed by atoms with Gasteiger partial charge in [0.2, 0.25) is 0 Å². The van der Waals surface area contributed by atoms with Gasteiger partial charge in [-0.3, -0.25) is 15.0 Å². The standard InChI is InChI=1S/C13H16F2N2O4/c14-13(15)21-12-4-3-11(17(19)20)7-9(12)8-16(5-6-18)10-1-2-10/h3-4,7,10,13,18H,1-2,5-6,8H2. The van der Waals surface area contributed by atoms with Gasteiger partial charge < -0.3 is 9.84 Å². The highest BCUT2D eigenvalue weighted by atomic mass is 19.3. The molecule has 0 amide bonds. The smallest absolute Gasteiger partial charge is 0.387 e. The third kappa shape index (κ3) is 4.33. The number of aliphatic hydroxyl groups is 1. The fourth-order valence-corrected chi connectivity index (χ4v) is 2.19. The minimum Gasteiger partial charge on any atom is -0.434 e. The third-order valence-corrected chi connectivity index (χ3v) is 3.29. The maximum atomic E-state index is 12.4. The Bertz CT molecular complexity index is 509. The van der Waals surface area contributed by atoms with Gasteiger partial charge in [0.1, 0.15) is 5.75 Å². The summed E-state index contributed by atoms with van der Waals surface area (Å²) < 4.78 is 29.2. The minimum absolute atomic E-state index is 0.0591. The van der Waals surface area contributed by atoms with Crippen LogP contribution in [0.4, 0.5) is 14.5 Å². The van der Waals surface area contributed by atoms with E-state index < -0.39 is 11.5 Å². The number of benzene rings is 1. The molecule has 8 heteroatoms. The SMILES string of the molecule is O=[N+]([O-])c1ccc(OC(F)F)c(CN(CCO)C2CC2)c1. The summed E-state index contributed by atoms with van der Waals surface area (Å²) in [7, 11) is 0. The van der Waals surface area contributed by atoms with Crippen molar-refractivity contribution in [1.82, 2.24) is 4.90 Å². The first-order chi connectivity index (χ1) is 10.0. The van der Waals surface area contributed by atoms with Crippen LogP contribution in [0.1, 0.15) is 18.4 Å². The predicted molar refractivity (Wildman–Crippen MR) is 70.2 cm³/mol. The van der Waals surface area contributed by atoms with E-state index in [1.165, 1.54) is 12.1 Å². The minimum atomic E-state index is -2.99. The lowest BCUT2D eigenvalue weighted by Gasteiger charge is -2.22. The molecule has 0 saturated heterocycles. The Balaban J connectivity index is 2.23. The lowest BCUT2D eigenvalue weighted by Crippen LogP contribution is -2.29. The molecule has 6 nitrogen and oxygen atoms in total. The van der Waals surface area contributed by atoms with E-state index in [9.17, 15) is 18.9 Å². The highest BCUT2D eigenvalue weighted by molar-refractivity contribution is 5.44. The second-order valence-corrected chi connectivity index (χ2v) is 4.85. The summed E-state index contributed by atoms with van der Waals surface area (Å²) in [6.07, 6.45) is 1.94. The van der Waals surface area contributed by atoms with Gasteiger partial charge in [0, 0.05) is 36.8 Å². The molecule has 1 N–H and O–H groups in total. The second kappa shape index (κ2) is 6.77. The number of rotatable bonds is 8. The van der Waals surface area contributed by atoms with Crippen LogP contribution < -0.4 is 4.74 Å². The summed E-state index contributed by atoms with van der Waals surface area (Å²) in [5.41, 5.74) is 0.149. The predicted octanol–water partition coefficient (Wildman–Crippen LogP) is 2.15. The van der Waals surface area contributed by atoms with Crippen molar-refractivity contribution in [3.05, 3.63) is 33.9 Å². The van der Waals surface area contributed by atoms with Gasteiger partial charge in [0.15, 0.2) is 0 Å². The van der Waals surface area contributed by atoms with Crippen molar-refractivity contribution < 1.29 is 23.5 Å². The average Bonchev–Trinajstić information content (AvgIpc) is 3.23. The van der Waals surface area contributed by atoms with Crippen LogP contribution in [0.25, 0.3) is 0 Å². The zero-order valence-corrected chi connectivity index (χ0v) is 11.2. The molecule has 0 bridgehead atoms. The van der Waals surface area contributed by atoms with Crippen molar-refractivity contribution >= 4 is 5.69 Å². The molecule has 1 fully saturated rings. The van der Waals surface area contributed by atoms with Crippen LogP contribution in [-0.2, 0) is 6.54 Å². The Morgan fingerprint density at radius 3 is 2.71 bits per heavy atom. The van der Waals surface area contributed by atoms with E-state index in [1.54, 1.807) is 0 Å². The lowest BCUT2D eigenvalue weighted by atomic mass is 10.1. The fraction of sp³-hybridized carbons (Fsp3) is 0.538. The molecular weight excluding hydrogens is 286 g/mol. The van der Waals surface area contributed by atoms with E-state index in [0.717, 1.165) is 18.9 Å². The summed E-state index contributed by atoms with van der Waals surface area (Å²) in [5.74, 6) is -0.0702. The number of hydrogen-bond acceptors (Lipinski definition) is 5. The highest BCUT2D eigenvalue weighted by Gasteiger charge is 2.29. The molecule has 0 aliphatic heterocycles. The van der Waals surface area contributed by atoms with Crippen LogP contribution in [0.2, 0.25) is 0 Å². The first-order valence-corrected chi connectivity index (χ1v) is 6.58. The van der Waals surface area contributed by atoms with Gasteiger partial charge in [-0.25, -0.2) is 0 Å². The first kappa shape index (κ1) is 15.6. The fourth-order valence-electron chi connectivity index (χ4n) is 2.19. The number of hydrogen-bond donors (Lipinski definition) is 1. The van der Waals surface area contributed by atoms with E-state index >= 15 is 0 Å². The molecule has 1 aliphatic carbocycles. The van der Waals surface area contributed by atoms with Gasteiger partial charge in [0.05, 0.1) is 11.5 Å². The number of halogens is 2. The molecule has 0 heterocycles. The number of ether oxygens (including phenoxy) is 1. The molecule has 0 spiro atoms. The maximum Gasteiger partial charge on any atom is 0.387 e. The van der Waals surface area contributed by atoms with E-state index in [0.29, 0.717) is 12.1 Å². The largest absolute Gasteiger partial charge is 0.434 e. The number of aliphatic hydroxyl groups excluding tert-OH is 1. The summed E-state index contributed by atoms with van der Waals surface area (Å²) in [6.45, 7) is -2.43. The monoisotopic (exact) mass is 302 g/mol. The van der Waals surface area contributed by atoms with Crippen molar-refractivity contribution in [2.24, 2.45) is 0 Å². The zero-order chi connectivity index (χ0) is 15.4. The number of nitro benzene ring substituents is 1. The van der Waals surface area contributed by atoms with E-state index in [1.807, 2.05) is 4.90 Å². The molecule has 116 valence electrons.